The van der Waals surface area contributed by atoms with Crippen LogP contribution in [0.15, 0.2) is 66.7 Å². The van der Waals surface area contributed by atoms with Crippen LogP contribution in [0, 0.1) is 5.82 Å². The number of carbonyl (C=O) groups is 2. The number of halogens is 1. The fourth-order valence-corrected chi connectivity index (χ4v) is 5.73. The van der Waals surface area contributed by atoms with Crippen molar-refractivity contribution < 1.29 is 14.0 Å². The maximum Gasteiger partial charge on any atom is 0.271 e. The topological polar surface area (TPSA) is 65.2 Å². The Labute approximate surface area is 212 Å². The summed E-state index contributed by atoms with van der Waals surface area (Å²) in [6, 6.07) is 18.8. The first-order valence-electron chi connectivity index (χ1n) is 13.2. The average Bonchev–Trinajstić information content (AvgIpc) is 3.62. The Kier molecular flexibility index (Phi) is 7.49. The summed E-state index contributed by atoms with van der Waals surface area (Å²) >= 11 is 0. The molecule has 1 aromatic heterocycles. The first kappa shape index (κ1) is 24.3. The monoisotopic (exact) mass is 487 g/mol. The fourth-order valence-electron chi connectivity index (χ4n) is 5.73. The molecule has 0 aliphatic heterocycles. The van der Waals surface area contributed by atoms with E-state index in [-0.39, 0.29) is 29.7 Å². The van der Waals surface area contributed by atoms with Crippen LogP contribution < -0.4 is 5.32 Å². The van der Waals surface area contributed by atoms with E-state index < -0.39 is 6.04 Å². The number of H-pyrrole nitrogens is 1. The molecule has 1 heterocycles. The van der Waals surface area contributed by atoms with Crippen LogP contribution in [0.25, 0.3) is 11.3 Å². The molecule has 0 radical (unpaired) electrons. The minimum absolute atomic E-state index is 0.0480. The number of rotatable bonds is 7. The summed E-state index contributed by atoms with van der Waals surface area (Å²) in [4.78, 5) is 33.0. The van der Waals surface area contributed by atoms with Gasteiger partial charge in [-0.25, -0.2) is 4.39 Å². The molecule has 2 aliphatic carbocycles. The summed E-state index contributed by atoms with van der Waals surface area (Å²) in [5.74, 6) is -0.735. The van der Waals surface area contributed by atoms with E-state index in [1.807, 2.05) is 36.4 Å². The van der Waals surface area contributed by atoms with Crippen LogP contribution in [-0.2, 0) is 4.79 Å². The molecular weight excluding hydrogens is 453 g/mol. The molecule has 6 heteroatoms. The largest absolute Gasteiger partial charge is 0.351 e. The third-order valence-electron chi connectivity index (χ3n) is 7.62. The summed E-state index contributed by atoms with van der Waals surface area (Å²) in [5, 5.41) is 3.24. The van der Waals surface area contributed by atoms with Crippen molar-refractivity contribution in [2.75, 3.05) is 0 Å². The Hall–Kier alpha value is -3.41. The molecule has 1 atom stereocenters. The van der Waals surface area contributed by atoms with Crippen LogP contribution in [0.1, 0.15) is 79.9 Å². The number of nitrogens with one attached hydrogen (secondary N) is 2. The van der Waals surface area contributed by atoms with Gasteiger partial charge in [-0.3, -0.25) is 9.59 Å². The van der Waals surface area contributed by atoms with E-state index in [0.29, 0.717) is 11.3 Å². The van der Waals surface area contributed by atoms with Gasteiger partial charge in [0.2, 0.25) is 5.91 Å². The van der Waals surface area contributed by atoms with E-state index >= 15 is 0 Å². The maximum absolute atomic E-state index is 14.1. The van der Waals surface area contributed by atoms with E-state index in [4.69, 9.17) is 0 Å². The van der Waals surface area contributed by atoms with Crippen LogP contribution in [0.4, 0.5) is 4.39 Å². The smallest absolute Gasteiger partial charge is 0.271 e. The summed E-state index contributed by atoms with van der Waals surface area (Å²) in [5.41, 5.74) is 2.95. The van der Waals surface area contributed by atoms with Gasteiger partial charge in [0.1, 0.15) is 17.6 Å². The van der Waals surface area contributed by atoms with Crippen molar-refractivity contribution in [3.63, 3.8) is 0 Å². The van der Waals surface area contributed by atoms with E-state index in [0.717, 1.165) is 62.6 Å². The molecule has 2 amide bonds. The van der Waals surface area contributed by atoms with Gasteiger partial charge in [0.25, 0.3) is 5.91 Å². The normalized spacial score (nSPS) is 17.6. The van der Waals surface area contributed by atoms with Gasteiger partial charge in [-0.05, 0) is 61.1 Å². The van der Waals surface area contributed by atoms with Crippen molar-refractivity contribution in [1.29, 1.82) is 0 Å². The second-order valence-electron chi connectivity index (χ2n) is 10.1. The van der Waals surface area contributed by atoms with Gasteiger partial charge in [-0.1, -0.05) is 74.6 Å². The van der Waals surface area contributed by atoms with Gasteiger partial charge in [0, 0.05) is 17.8 Å². The zero-order valence-electron chi connectivity index (χ0n) is 20.6. The van der Waals surface area contributed by atoms with Crippen LogP contribution in [-0.4, -0.2) is 33.8 Å². The number of carbonyl (C=O) groups excluding carboxylic acids is 2. The summed E-state index contributed by atoms with van der Waals surface area (Å²) in [7, 11) is 0. The lowest BCUT2D eigenvalue weighted by atomic mass is 9.94. The van der Waals surface area contributed by atoms with Gasteiger partial charge < -0.3 is 15.2 Å². The molecule has 2 aliphatic rings. The Bertz CT molecular complexity index is 1160. The number of benzene rings is 2. The van der Waals surface area contributed by atoms with Crippen molar-refractivity contribution >= 4 is 11.8 Å². The average molecular weight is 488 g/mol. The zero-order chi connectivity index (χ0) is 24.9. The zero-order valence-corrected chi connectivity index (χ0v) is 20.6. The minimum Gasteiger partial charge on any atom is -0.351 e. The van der Waals surface area contributed by atoms with Gasteiger partial charge in [0.15, 0.2) is 0 Å². The Morgan fingerprint density at radius 1 is 0.833 bits per heavy atom. The van der Waals surface area contributed by atoms with Crippen molar-refractivity contribution in [3.05, 3.63) is 83.8 Å². The number of amides is 2. The van der Waals surface area contributed by atoms with Crippen molar-refractivity contribution in [2.45, 2.75) is 75.9 Å². The van der Waals surface area contributed by atoms with Crippen molar-refractivity contribution in [1.82, 2.24) is 15.2 Å². The van der Waals surface area contributed by atoms with E-state index in [1.54, 1.807) is 23.1 Å². The molecule has 3 aromatic rings. The molecular formula is C30H34FN3O2. The molecule has 0 unspecified atom stereocenters. The molecule has 5 rings (SSSR count). The van der Waals surface area contributed by atoms with Crippen LogP contribution in [0.5, 0.6) is 0 Å². The second kappa shape index (κ2) is 11.1. The van der Waals surface area contributed by atoms with Gasteiger partial charge in [-0.2, -0.15) is 0 Å². The lowest BCUT2D eigenvalue weighted by molar-refractivity contribution is -0.127. The molecule has 0 spiro atoms. The van der Waals surface area contributed by atoms with Crippen LogP contribution >= 0.6 is 0 Å². The van der Waals surface area contributed by atoms with E-state index in [1.165, 1.54) is 18.6 Å². The molecule has 188 valence electrons. The highest BCUT2D eigenvalue weighted by atomic mass is 19.1. The summed E-state index contributed by atoms with van der Waals surface area (Å²) < 4.78 is 13.8. The van der Waals surface area contributed by atoms with Crippen molar-refractivity contribution in [2.24, 2.45) is 0 Å². The number of hydrogen-bond acceptors (Lipinski definition) is 2. The van der Waals surface area contributed by atoms with E-state index in [9.17, 15) is 14.0 Å². The fraction of sp³-hybridized carbons (Fsp3) is 0.400. The molecule has 2 fully saturated rings. The standard InChI is InChI=1S/C30H34FN3O2/c31-23-17-15-22(16-18-23)28(29(35)32-24-11-5-2-6-12-24)34(25-13-7-8-14-25)30(36)27-20-19-26(33-27)21-9-3-1-4-10-21/h1,3-4,9-10,15-20,24-25,28,33H,2,5-8,11-14H2,(H,32,35)/t28-/m1/s1. The Balaban J connectivity index is 1.50. The molecule has 0 saturated heterocycles. The first-order chi connectivity index (χ1) is 17.6. The SMILES string of the molecule is O=C(NC1CCCCC1)[C@@H](c1ccc(F)cc1)N(C(=O)c1ccc(-c2ccccc2)[nH]1)C1CCCC1. The highest BCUT2D eigenvalue weighted by Gasteiger charge is 2.39. The highest BCUT2D eigenvalue weighted by molar-refractivity contribution is 5.97. The molecule has 2 saturated carbocycles. The van der Waals surface area contributed by atoms with Gasteiger partial charge in [0.05, 0.1) is 0 Å². The van der Waals surface area contributed by atoms with Crippen LogP contribution in [0.2, 0.25) is 0 Å². The number of aromatic nitrogens is 1. The Morgan fingerprint density at radius 3 is 2.19 bits per heavy atom. The molecule has 2 N–H and O–H groups in total. The Morgan fingerprint density at radius 2 is 1.50 bits per heavy atom. The van der Waals surface area contributed by atoms with Gasteiger partial charge >= 0.3 is 0 Å². The minimum atomic E-state index is -0.813. The second-order valence-corrected chi connectivity index (χ2v) is 10.1. The third kappa shape index (κ3) is 5.38. The van der Waals surface area contributed by atoms with E-state index in [2.05, 4.69) is 10.3 Å². The molecule has 2 aromatic carbocycles. The van der Waals surface area contributed by atoms with Crippen molar-refractivity contribution in [3.8, 4) is 11.3 Å². The number of hydrogen-bond donors (Lipinski definition) is 2. The maximum atomic E-state index is 14.1. The van der Waals surface area contributed by atoms with Gasteiger partial charge in [-0.15, -0.1) is 0 Å². The third-order valence-corrected chi connectivity index (χ3v) is 7.62. The molecule has 5 nitrogen and oxygen atoms in total. The predicted molar refractivity (Wildman–Crippen MR) is 139 cm³/mol. The highest BCUT2D eigenvalue weighted by Crippen LogP contribution is 2.34. The molecule has 0 bridgehead atoms. The predicted octanol–water partition coefficient (Wildman–Crippen LogP) is 6.40. The quantitative estimate of drug-likeness (QED) is 0.405. The lowest BCUT2D eigenvalue weighted by Crippen LogP contribution is -2.50. The van der Waals surface area contributed by atoms with Crippen LogP contribution in [0.3, 0.4) is 0 Å². The number of aromatic amines is 1. The molecule has 36 heavy (non-hydrogen) atoms. The number of nitrogens with zero attached hydrogens (tertiary/aromatic N) is 1. The first-order valence-corrected chi connectivity index (χ1v) is 13.2. The summed E-state index contributed by atoms with van der Waals surface area (Å²) in [6.07, 6.45) is 9.05. The lowest BCUT2D eigenvalue weighted by Gasteiger charge is -2.37. The summed E-state index contributed by atoms with van der Waals surface area (Å²) in [6.45, 7) is 0.